The van der Waals surface area contributed by atoms with E-state index in [9.17, 15) is 13.2 Å². The van der Waals surface area contributed by atoms with Crippen molar-refractivity contribution in [2.75, 3.05) is 10.6 Å². The van der Waals surface area contributed by atoms with Crippen LogP contribution in [0.3, 0.4) is 0 Å². The van der Waals surface area contributed by atoms with E-state index in [1.165, 1.54) is 18.2 Å². The number of alkyl halides is 3. The van der Waals surface area contributed by atoms with Crippen molar-refractivity contribution in [3.05, 3.63) is 58.2 Å². The van der Waals surface area contributed by atoms with Crippen LogP contribution < -0.4 is 15.4 Å². The Morgan fingerprint density at radius 2 is 1.83 bits per heavy atom. The molecule has 0 unspecified atom stereocenters. The van der Waals surface area contributed by atoms with Crippen molar-refractivity contribution in [1.82, 2.24) is 9.97 Å². The van der Waals surface area contributed by atoms with Crippen LogP contribution >= 0.6 is 22.6 Å². The van der Waals surface area contributed by atoms with E-state index in [2.05, 4.69) is 47.9 Å². The second-order valence-electron chi connectivity index (χ2n) is 6.60. The summed E-state index contributed by atoms with van der Waals surface area (Å²) in [6.45, 7) is 4.03. The van der Waals surface area contributed by atoms with Crippen LogP contribution in [0.2, 0.25) is 0 Å². The minimum absolute atomic E-state index is 0.129. The third kappa shape index (κ3) is 6.22. The Balaban J connectivity index is 2.00. The van der Waals surface area contributed by atoms with Crippen LogP contribution in [-0.4, -0.2) is 22.4 Å². The molecule has 1 heterocycles. The number of hydrogen-bond acceptors (Lipinski definition) is 5. The molecular weight excluding hydrogens is 508 g/mol. The van der Waals surface area contributed by atoms with Crippen LogP contribution in [0.25, 0.3) is 11.3 Å². The number of rotatable bonds is 7. The maximum Gasteiger partial charge on any atom is 0.573 e. The topological polar surface area (TPSA) is 59.1 Å². The number of nitrogens with one attached hydrogen (secondary N) is 2. The smallest absolute Gasteiger partial charge is 0.406 e. The molecule has 0 aliphatic heterocycles. The number of anilines is 3. The van der Waals surface area contributed by atoms with Gasteiger partial charge in [-0.15, -0.1) is 13.2 Å². The van der Waals surface area contributed by atoms with E-state index in [1.807, 2.05) is 38.1 Å². The lowest BCUT2D eigenvalue weighted by Crippen LogP contribution is -2.17. The number of ether oxygens (including phenoxy) is 1. The summed E-state index contributed by atoms with van der Waals surface area (Å²) in [6.07, 6.45) is -3.90. The zero-order valence-corrected chi connectivity index (χ0v) is 18.5. The SMILES string of the molecule is CC[C@H](C)Nc1nc(Nc2ccccc2I)cc(-c2cccc(OC(F)(F)F)c2)n1. The molecule has 9 heteroatoms. The summed E-state index contributed by atoms with van der Waals surface area (Å²) in [5.74, 6) is 0.608. The fraction of sp³-hybridized carbons (Fsp3) is 0.238. The number of para-hydroxylation sites is 1. The van der Waals surface area contributed by atoms with Gasteiger partial charge in [0.2, 0.25) is 5.95 Å². The van der Waals surface area contributed by atoms with Gasteiger partial charge in [-0.3, -0.25) is 0 Å². The second-order valence-corrected chi connectivity index (χ2v) is 7.76. The first-order valence-electron chi connectivity index (χ1n) is 9.27. The Kier molecular flexibility index (Phi) is 7.01. The Labute approximate surface area is 186 Å². The standard InChI is InChI=1S/C21H20F3IN4O/c1-3-13(2)26-20-28-18(14-7-6-8-15(11-14)30-21(22,23)24)12-19(29-20)27-17-10-5-4-9-16(17)25/h4-13H,3H2,1-2H3,(H2,26,27,28,29)/t13-/m0/s1. The van der Waals surface area contributed by atoms with Crippen LogP contribution in [0.5, 0.6) is 5.75 Å². The monoisotopic (exact) mass is 528 g/mol. The fourth-order valence-electron chi connectivity index (χ4n) is 2.60. The second kappa shape index (κ2) is 9.50. The molecule has 5 nitrogen and oxygen atoms in total. The maximum absolute atomic E-state index is 12.6. The van der Waals surface area contributed by atoms with Crippen molar-refractivity contribution < 1.29 is 17.9 Å². The van der Waals surface area contributed by atoms with Gasteiger partial charge in [-0.2, -0.15) is 4.98 Å². The van der Waals surface area contributed by atoms with Gasteiger partial charge in [0, 0.05) is 21.2 Å². The molecule has 0 bridgehead atoms. The summed E-state index contributed by atoms with van der Waals surface area (Å²) in [5.41, 5.74) is 1.82. The van der Waals surface area contributed by atoms with E-state index in [-0.39, 0.29) is 11.8 Å². The van der Waals surface area contributed by atoms with Gasteiger partial charge in [-0.05, 0) is 60.2 Å². The van der Waals surface area contributed by atoms with Gasteiger partial charge in [-0.1, -0.05) is 31.2 Å². The summed E-state index contributed by atoms with van der Waals surface area (Å²) in [4.78, 5) is 9.01. The molecule has 2 N–H and O–H groups in total. The molecular formula is C21H20F3IN4O. The third-order valence-electron chi connectivity index (χ3n) is 4.21. The fourth-order valence-corrected chi connectivity index (χ4v) is 3.12. The van der Waals surface area contributed by atoms with Crippen molar-refractivity contribution in [2.24, 2.45) is 0 Å². The minimum atomic E-state index is -4.76. The quantitative estimate of drug-likeness (QED) is 0.339. The minimum Gasteiger partial charge on any atom is -0.406 e. The van der Waals surface area contributed by atoms with E-state index in [1.54, 1.807) is 12.1 Å². The molecule has 0 spiro atoms. The lowest BCUT2D eigenvalue weighted by molar-refractivity contribution is -0.274. The average molecular weight is 528 g/mol. The summed E-state index contributed by atoms with van der Waals surface area (Å²) in [5, 5.41) is 6.48. The third-order valence-corrected chi connectivity index (χ3v) is 5.15. The Morgan fingerprint density at radius 1 is 1.07 bits per heavy atom. The molecule has 0 fully saturated rings. The van der Waals surface area contributed by atoms with E-state index < -0.39 is 6.36 Å². The van der Waals surface area contributed by atoms with Gasteiger partial charge in [0.15, 0.2) is 0 Å². The Hall–Kier alpha value is -2.56. The molecule has 0 saturated heterocycles. The van der Waals surface area contributed by atoms with Crippen LogP contribution in [0.1, 0.15) is 20.3 Å². The predicted molar refractivity (Wildman–Crippen MR) is 120 cm³/mol. The van der Waals surface area contributed by atoms with E-state index in [0.29, 0.717) is 23.0 Å². The van der Waals surface area contributed by atoms with Crippen molar-refractivity contribution in [3.8, 4) is 17.0 Å². The van der Waals surface area contributed by atoms with Crippen LogP contribution in [0.15, 0.2) is 54.6 Å². The first kappa shape index (κ1) is 22.1. The van der Waals surface area contributed by atoms with Crippen molar-refractivity contribution in [2.45, 2.75) is 32.7 Å². The summed E-state index contributed by atoms with van der Waals surface area (Å²) < 4.78 is 42.8. The highest BCUT2D eigenvalue weighted by Crippen LogP contribution is 2.30. The molecule has 3 aromatic rings. The molecule has 30 heavy (non-hydrogen) atoms. The number of hydrogen-bond donors (Lipinski definition) is 2. The first-order valence-corrected chi connectivity index (χ1v) is 10.3. The molecule has 0 aliphatic carbocycles. The van der Waals surface area contributed by atoms with Crippen LogP contribution in [0, 0.1) is 3.57 Å². The van der Waals surface area contributed by atoms with Crippen molar-refractivity contribution in [1.29, 1.82) is 0 Å². The van der Waals surface area contributed by atoms with Gasteiger partial charge in [0.1, 0.15) is 11.6 Å². The molecule has 1 aromatic heterocycles. The van der Waals surface area contributed by atoms with Gasteiger partial charge < -0.3 is 15.4 Å². The number of aromatic nitrogens is 2. The first-order chi connectivity index (χ1) is 14.2. The van der Waals surface area contributed by atoms with Crippen LogP contribution in [-0.2, 0) is 0 Å². The molecule has 2 aromatic carbocycles. The largest absolute Gasteiger partial charge is 0.573 e. The highest BCUT2D eigenvalue weighted by Gasteiger charge is 2.31. The highest BCUT2D eigenvalue weighted by molar-refractivity contribution is 14.1. The zero-order valence-electron chi connectivity index (χ0n) is 16.3. The zero-order chi connectivity index (χ0) is 21.7. The van der Waals surface area contributed by atoms with Crippen molar-refractivity contribution in [3.63, 3.8) is 0 Å². The lowest BCUT2D eigenvalue weighted by Gasteiger charge is -2.15. The van der Waals surface area contributed by atoms with Gasteiger partial charge in [0.25, 0.3) is 0 Å². The molecule has 158 valence electrons. The molecule has 0 amide bonds. The predicted octanol–water partition coefficient (Wildman–Crippen LogP) is 6.60. The number of benzene rings is 2. The molecule has 3 rings (SSSR count). The van der Waals surface area contributed by atoms with E-state index in [4.69, 9.17) is 0 Å². The highest BCUT2D eigenvalue weighted by atomic mass is 127. The summed E-state index contributed by atoms with van der Waals surface area (Å²) >= 11 is 2.21. The molecule has 1 atom stereocenters. The lowest BCUT2D eigenvalue weighted by atomic mass is 10.1. The molecule has 0 saturated carbocycles. The Bertz CT molecular complexity index is 1010. The summed E-state index contributed by atoms with van der Waals surface area (Å²) in [7, 11) is 0. The average Bonchev–Trinajstić information content (AvgIpc) is 2.68. The van der Waals surface area contributed by atoms with Gasteiger partial charge in [-0.25, -0.2) is 4.98 Å². The van der Waals surface area contributed by atoms with Gasteiger partial charge >= 0.3 is 6.36 Å². The van der Waals surface area contributed by atoms with Gasteiger partial charge in [0.05, 0.1) is 11.4 Å². The Morgan fingerprint density at radius 3 is 2.53 bits per heavy atom. The maximum atomic E-state index is 12.6. The normalized spacial score (nSPS) is 12.3. The van der Waals surface area contributed by atoms with E-state index in [0.717, 1.165) is 15.7 Å². The number of halogens is 4. The molecule has 0 aliphatic rings. The molecule has 0 radical (unpaired) electrons. The van der Waals surface area contributed by atoms with E-state index >= 15 is 0 Å². The van der Waals surface area contributed by atoms with Crippen molar-refractivity contribution >= 4 is 40.0 Å². The number of nitrogens with zero attached hydrogens (tertiary/aromatic N) is 2. The van der Waals surface area contributed by atoms with Crippen LogP contribution in [0.4, 0.5) is 30.6 Å². The summed E-state index contributed by atoms with van der Waals surface area (Å²) in [6, 6.07) is 15.3.